The third kappa shape index (κ3) is 2.71. The summed E-state index contributed by atoms with van der Waals surface area (Å²) in [5.41, 5.74) is 1.01. The maximum atomic E-state index is 5.72. The highest BCUT2D eigenvalue weighted by Crippen LogP contribution is 2.25. The van der Waals surface area contributed by atoms with Gasteiger partial charge in [-0.25, -0.2) is 0 Å². The van der Waals surface area contributed by atoms with E-state index < -0.39 is 0 Å². The number of likely N-dealkylation sites (tertiary alicyclic amines) is 1. The molecule has 0 spiro atoms. The molecule has 0 radical (unpaired) electrons. The quantitative estimate of drug-likeness (QED) is 0.812. The van der Waals surface area contributed by atoms with E-state index in [2.05, 4.69) is 28.9 Å². The summed E-state index contributed by atoms with van der Waals surface area (Å²) >= 11 is 5.72. The molecule has 1 unspecified atom stereocenters. The van der Waals surface area contributed by atoms with E-state index in [9.17, 15) is 0 Å². The number of hydrogen-bond acceptors (Lipinski definition) is 3. The van der Waals surface area contributed by atoms with Crippen LogP contribution in [0.5, 0.6) is 0 Å². The summed E-state index contributed by atoms with van der Waals surface area (Å²) in [6.45, 7) is 6.65. The Morgan fingerprint density at radius 2 is 2.25 bits per heavy atom. The number of hydrogen-bond donors (Lipinski definition) is 0. The molecule has 1 atom stereocenters. The molecule has 1 aromatic rings. The fourth-order valence-corrected chi connectivity index (χ4v) is 2.54. The van der Waals surface area contributed by atoms with Crippen molar-refractivity contribution in [3.63, 3.8) is 0 Å². The monoisotopic (exact) mass is 239 g/mol. The predicted molar refractivity (Wildman–Crippen MR) is 65.3 cm³/mol. The number of rotatable bonds is 3. The maximum absolute atomic E-state index is 5.72. The van der Waals surface area contributed by atoms with Crippen molar-refractivity contribution in [3.8, 4) is 0 Å². The molecule has 1 saturated heterocycles. The van der Waals surface area contributed by atoms with Crippen molar-refractivity contribution in [2.75, 3.05) is 6.54 Å². The standard InChI is InChI=1S/C12H18ClN3/c1-9(2)11-4-3-7-16(11)8-10-5-6-12(13)15-14-10/h5-6,9,11H,3-4,7-8H2,1-2H3. The van der Waals surface area contributed by atoms with E-state index in [1.165, 1.54) is 19.4 Å². The van der Waals surface area contributed by atoms with E-state index in [4.69, 9.17) is 11.6 Å². The Hall–Kier alpha value is -0.670. The third-order valence-corrected chi connectivity index (χ3v) is 3.44. The lowest BCUT2D eigenvalue weighted by molar-refractivity contribution is 0.196. The number of aromatic nitrogens is 2. The molecule has 16 heavy (non-hydrogen) atoms. The van der Waals surface area contributed by atoms with Gasteiger partial charge in [0.05, 0.1) is 5.69 Å². The summed E-state index contributed by atoms with van der Waals surface area (Å²) in [5, 5.41) is 8.46. The zero-order valence-corrected chi connectivity index (χ0v) is 10.6. The van der Waals surface area contributed by atoms with Gasteiger partial charge in [0.2, 0.25) is 0 Å². The van der Waals surface area contributed by atoms with Crippen molar-refractivity contribution in [1.29, 1.82) is 0 Å². The first-order valence-corrected chi connectivity index (χ1v) is 6.27. The Kier molecular flexibility index (Phi) is 3.77. The van der Waals surface area contributed by atoms with Crippen LogP contribution in [0.2, 0.25) is 5.15 Å². The van der Waals surface area contributed by atoms with E-state index in [-0.39, 0.29) is 0 Å². The van der Waals surface area contributed by atoms with Crippen LogP contribution in [0, 0.1) is 5.92 Å². The lowest BCUT2D eigenvalue weighted by Crippen LogP contribution is -2.33. The maximum Gasteiger partial charge on any atom is 0.151 e. The fraction of sp³-hybridized carbons (Fsp3) is 0.667. The summed E-state index contributed by atoms with van der Waals surface area (Å²) in [6.07, 6.45) is 2.60. The normalized spacial score (nSPS) is 21.9. The van der Waals surface area contributed by atoms with Crippen LogP contribution in [0.15, 0.2) is 12.1 Å². The Morgan fingerprint density at radius 3 is 2.88 bits per heavy atom. The van der Waals surface area contributed by atoms with Crippen LogP contribution in [0.4, 0.5) is 0 Å². The van der Waals surface area contributed by atoms with Gasteiger partial charge in [0, 0.05) is 12.6 Å². The van der Waals surface area contributed by atoms with Crippen molar-refractivity contribution in [2.24, 2.45) is 5.92 Å². The van der Waals surface area contributed by atoms with Gasteiger partial charge in [-0.2, -0.15) is 5.10 Å². The molecule has 2 rings (SSSR count). The van der Waals surface area contributed by atoms with Gasteiger partial charge in [0.1, 0.15) is 0 Å². The summed E-state index contributed by atoms with van der Waals surface area (Å²) in [4.78, 5) is 2.50. The average molecular weight is 240 g/mol. The van der Waals surface area contributed by atoms with E-state index in [0.29, 0.717) is 17.1 Å². The van der Waals surface area contributed by atoms with Gasteiger partial charge in [0.15, 0.2) is 5.15 Å². The molecule has 1 fully saturated rings. The molecule has 88 valence electrons. The van der Waals surface area contributed by atoms with Crippen LogP contribution in [0.25, 0.3) is 0 Å². The van der Waals surface area contributed by atoms with Crippen LogP contribution in [0.1, 0.15) is 32.4 Å². The average Bonchev–Trinajstić information content (AvgIpc) is 2.69. The van der Waals surface area contributed by atoms with Crippen molar-refractivity contribution >= 4 is 11.6 Å². The van der Waals surface area contributed by atoms with E-state index in [1.807, 2.05) is 12.1 Å². The molecule has 0 amide bonds. The van der Waals surface area contributed by atoms with Gasteiger partial charge >= 0.3 is 0 Å². The van der Waals surface area contributed by atoms with Gasteiger partial charge in [-0.15, -0.1) is 5.10 Å². The highest BCUT2D eigenvalue weighted by Gasteiger charge is 2.27. The topological polar surface area (TPSA) is 29.0 Å². The Labute approximate surface area is 102 Å². The Bertz CT molecular complexity index is 337. The summed E-state index contributed by atoms with van der Waals surface area (Å²) in [6, 6.07) is 4.47. The number of halogens is 1. The van der Waals surface area contributed by atoms with Gasteiger partial charge in [0.25, 0.3) is 0 Å². The predicted octanol–water partition coefficient (Wildman–Crippen LogP) is 2.75. The molecule has 1 aliphatic heterocycles. The molecule has 0 aliphatic carbocycles. The second-order valence-corrected chi connectivity index (χ2v) is 5.16. The van der Waals surface area contributed by atoms with Crippen molar-refractivity contribution in [2.45, 2.75) is 39.3 Å². The summed E-state index contributed by atoms with van der Waals surface area (Å²) < 4.78 is 0. The molecule has 2 heterocycles. The third-order valence-electron chi connectivity index (χ3n) is 3.24. The van der Waals surface area contributed by atoms with E-state index in [1.54, 1.807) is 0 Å². The fourth-order valence-electron chi connectivity index (χ4n) is 2.44. The minimum absolute atomic E-state index is 0.464. The molecule has 1 aliphatic rings. The molecule has 0 saturated carbocycles. The van der Waals surface area contributed by atoms with E-state index >= 15 is 0 Å². The minimum atomic E-state index is 0.464. The zero-order chi connectivity index (χ0) is 11.5. The van der Waals surface area contributed by atoms with Crippen LogP contribution >= 0.6 is 11.6 Å². The van der Waals surface area contributed by atoms with Crippen LogP contribution in [-0.2, 0) is 6.54 Å². The lowest BCUT2D eigenvalue weighted by Gasteiger charge is -2.26. The lowest BCUT2D eigenvalue weighted by atomic mass is 10.0. The van der Waals surface area contributed by atoms with Gasteiger partial charge < -0.3 is 0 Å². The minimum Gasteiger partial charge on any atom is -0.294 e. The molecular weight excluding hydrogens is 222 g/mol. The van der Waals surface area contributed by atoms with Crippen molar-refractivity contribution in [3.05, 3.63) is 23.0 Å². The molecule has 0 aromatic carbocycles. The molecule has 0 N–H and O–H groups in total. The smallest absolute Gasteiger partial charge is 0.151 e. The van der Waals surface area contributed by atoms with Crippen LogP contribution < -0.4 is 0 Å². The first-order valence-electron chi connectivity index (χ1n) is 5.89. The van der Waals surface area contributed by atoms with Gasteiger partial charge in [-0.1, -0.05) is 25.4 Å². The molecule has 4 heteroatoms. The largest absolute Gasteiger partial charge is 0.294 e. The van der Waals surface area contributed by atoms with Gasteiger partial charge in [-0.3, -0.25) is 4.90 Å². The molecular formula is C12H18ClN3. The highest BCUT2D eigenvalue weighted by molar-refractivity contribution is 6.29. The summed E-state index contributed by atoms with van der Waals surface area (Å²) in [7, 11) is 0. The summed E-state index contributed by atoms with van der Waals surface area (Å²) in [5.74, 6) is 0.711. The number of nitrogens with zero attached hydrogens (tertiary/aromatic N) is 3. The molecule has 1 aromatic heterocycles. The molecule has 0 bridgehead atoms. The van der Waals surface area contributed by atoms with E-state index in [0.717, 1.165) is 12.2 Å². The Morgan fingerprint density at radius 1 is 1.44 bits per heavy atom. The van der Waals surface area contributed by atoms with Crippen LogP contribution in [-0.4, -0.2) is 27.7 Å². The second kappa shape index (κ2) is 5.11. The highest BCUT2D eigenvalue weighted by atomic mass is 35.5. The molecule has 3 nitrogen and oxygen atoms in total. The first kappa shape index (κ1) is 11.8. The van der Waals surface area contributed by atoms with Gasteiger partial charge in [-0.05, 0) is 37.4 Å². The Balaban J connectivity index is 2.01. The van der Waals surface area contributed by atoms with Crippen molar-refractivity contribution < 1.29 is 0 Å². The SMILES string of the molecule is CC(C)C1CCCN1Cc1ccc(Cl)nn1. The van der Waals surface area contributed by atoms with Crippen molar-refractivity contribution in [1.82, 2.24) is 15.1 Å². The first-order chi connectivity index (χ1) is 7.66. The van der Waals surface area contributed by atoms with Crippen LogP contribution in [0.3, 0.4) is 0 Å². The second-order valence-electron chi connectivity index (χ2n) is 4.77. The zero-order valence-electron chi connectivity index (χ0n) is 9.86.